The molecule has 0 aliphatic carbocycles. The fraction of sp³-hybridized carbons (Fsp3) is 0.273. The number of hydrogen-bond donors (Lipinski definition) is 2. The van der Waals surface area contributed by atoms with Crippen LogP contribution in [0.1, 0.15) is 12.5 Å². The molecule has 0 aliphatic heterocycles. The topological polar surface area (TPSA) is 96.0 Å². The molecule has 0 saturated heterocycles. The summed E-state index contributed by atoms with van der Waals surface area (Å²) < 4.78 is 32.0. The highest BCUT2D eigenvalue weighted by Crippen LogP contribution is 2.08. The van der Waals surface area contributed by atoms with Gasteiger partial charge in [-0.25, -0.2) is 17.9 Å². The Morgan fingerprint density at radius 3 is 2.68 bits per heavy atom. The first-order chi connectivity index (χ1) is 8.97. The molecule has 0 amide bonds. The number of hydrogen-bond acceptors (Lipinski definition) is 4. The van der Waals surface area contributed by atoms with Gasteiger partial charge in [-0.1, -0.05) is 25.1 Å². The van der Waals surface area contributed by atoms with E-state index in [1.54, 1.807) is 32.0 Å². The standard InChI is InChI=1S/C11H13N3O4S/c1-3-12-19(16,17)10-11(15)18-13-14(10)9-7-5-4-6-8(9)2/h4-7,12H,3H2,1-2H3/p+1. The lowest BCUT2D eigenvalue weighted by Gasteiger charge is -1.99. The van der Waals surface area contributed by atoms with Crippen LogP contribution in [-0.4, -0.2) is 20.2 Å². The van der Waals surface area contributed by atoms with Crippen molar-refractivity contribution < 1.29 is 17.6 Å². The van der Waals surface area contributed by atoms with Gasteiger partial charge in [0.2, 0.25) is 5.69 Å². The van der Waals surface area contributed by atoms with Crippen molar-refractivity contribution >= 4 is 10.0 Å². The molecule has 1 aromatic heterocycles. The van der Waals surface area contributed by atoms with Crippen LogP contribution in [0.4, 0.5) is 0 Å². The minimum atomic E-state index is -3.92. The van der Waals surface area contributed by atoms with E-state index in [0.29, 0.717) is 5.69 Å². The zero-order valence-electron chi connectivity index (χ0n) is 10.5. The molecule has 8 heteroatoms. The zero-order valence-corrected chi connectivity index (χ0v) is 11.3. The molecular weight excluding hydrogens is 270 g/mol. The van der Waals surface area contributed by atoms with E-state index in [1.807, 2.05) is 6.07 Å². The van der Waals surface area contributed by atoms with Crippen LogP contribution in [0.25, 0.3) is 5.69 Å². The lowest BCUT2D eigenvalue weighted by Crippen LogP contribution is -2.44. The van der Waals surface area contributed by atoms with E-state index in [-0.39, 0.29) is 6.54 Å². The summed E-state index contributed by atoms with van der Waals surface area (Å²) in [5.41, 5.74) is 0.395. The van der Waals surface area contributed by atoms with Gasteiger partial charge >= 0.3 is 20.7 Å². The summed E-state index contributed by atoms with van der Waals surface area (Å²) in [5.74, 6) is 0. The van der Waals surface area contributed by atoms with E-state index < -0.39 is 20.7 Å². The molecule has 0 atom stereocenters. The molecule has 19 heavy (non-hydrogen) atoms. The molecule has 0 aliphatic rings. The van der Waals surface area contributed by atoms with E-state index in [1.165, 1.54) is 0 Å². The van der Waals surface area contributed by atoms with Gasteiger partial charge < -0.3 is 0 Å². The van der Waals surface area contributed by atoms with Crippen molar-refractivity contribution in [2.45, 2.75) is 18.9 Å². The third kappa shape index (κ3) is 2.45. The predicted octanol–water partition coefficient (Wildman–Crippen LogP) is -0.149. The molecule has 102 valence electrons. The second-order valence-corrected chi connectivity index (χ2v) is 5.59. The van der Waals surface area contributed by atoms with E-state index in [2.05, 4.69) is 14.5 Å². The summed E-state index contributed by atoms with van der Waals surface area (Å²) in [4.78, 5) is 11.6. The number of benzene rings is 1. The van der Waals surface area contributed by atoms with Crippen LogP contribution >= 0.6 is 0 Å². The molecule has 7 nitrogen and oxygen atoms in total. The van der Waals surface area contributed by atoms with Gasteiger partial charge in [-0.05, 0) is 16.9 Å². The normalized spacial score (nSPS) is 11.7. The molecule has 0 fully saturated rings. The second kappa shape index (κ2) is 4.98. The summed E-state index contributed by atoms with van der Waals surface area (Å²) in [6.07, 6.45) is 0. The van der Waals surface area contributed by atoms with Crippen molar-refractivity contribution in [2.75, 3.05) is 6.54 Å². The van der Waals surface area contributed by atoms with Crippen molar-refractivity contribution in [3.63, 3.8) is 0 Å². The third-order valence-electron chi connectivity index (χ3n) is 2.55. The van der Waals surface area contributed by atoms with E-state index >= 15 is 0 Å². The largest absolute Gasteiger partial charge is 0.448 e. The fourth-order valence-corrected chi connectivity index (χ4v) is 2.88. The first-order valence-electron chi connectivity index (χ1n) is 5.66. The summed E-state index contributed by atoms with van der Waals surface area (Å²) >= 11 is 0. The van der Waals surface area contributed by atoms with Crippen LogP contribution < -0.4 is 15.0 Å². The number of H-pyrrole nitrogens is 1. The average Bonchev–Trinajstić information content (AvgIpc) is 2.72. The number of aromatic nitrogens is 2. The maximum absolute atomic E-state index is 12.0. The lowest BCUT2D eigenvalue weighted by molar-refractivity contribution is -0.706. The second-order valence-electron chi connectivity index (χ2n) is 3.91. The third-order valence-corrected chi connectivity index (χ3v) is 4.08. The fourth-order valence-electron chi connectivity index (χ4n) is 1.72. The molecule has 1 aromatic carbocycles. The van der Waals surface area contributed by atoms with Crippen molar-refractivity contribution in [1.29, 1.82) is 0 Å². The molecular formula is C11H14N3O4S+. The number of aromatic amines is 1. The van der Waals surface area contributed by atoms with Crippen LogP contribution in [0.2, 0.25) is 0 Å². The number of para-hydroxylation sites is 1. The zero-order chi connectivity index (χ0) is 14.0. The van der Waals surface area contributed by atoms with Gasteiger partial charge in [0, 0.05) is 18.2 Å². The molecule has 0 saturated carbocycles. The number of aryl methyl sites for hydroxylation is 1. The van der Waals surface area contributed by atoms with Gasteiger partial charge in [0.05, 0.1) is 0 Å². The summed E-state index contributed by atoms with van der Waals surface area (Å²) in [7, 11) is -3.92. The molecule has 0 bridgehead atoms. The van der Waals surface area contributed by atoms with Gasteiger partial charge in [0.15, 0.2) is 0 Å². The van der Waals surface area contributed by atoms with Gasteiger partial charge in [-0.3, -0.25) is 4.52 Å². The summed E-state index contributed by atoms with van der Waals surface area (Å²) in [6, 6.07) is 7.05. The molecule has 2 aromatic rings. The molecule has 0 unspecified atom stereocenters. The Bertz CT molecular complexity index is 745. The summed E-state index contributed by atoms with van der Waals surface area (Å²) in [6.45, 7) is 3.61. The molecule has 2 N–H and O–H groups in total. The predicted molar refractivity (Wildman–Crippen MR) is 66.5 cm³/mol. The molecule has 1 heterocycles. The van der Waals surface area contributed by atoms with E-state index in [9.17, 15) is 13.2 Å². The Kier molecular flexibility index (Phi) is 3.54. The molecule has 0 radical (unpaired) electrons. The molecule has 0 spiro atoms. The monoisotopic (exact) mass is 284 g/mol. The van der Waals surface area contributed by atoms with Crippen LogP contribution in [0.5, 0.6) is 0 Å². The highest BCUT2D eigenvalue weighted by molar-refractivity contribution is 7.89. The van der Waals surface area contributed by atoms with Crippen LogP contribution in [0.15, 0.2) is 38.6 Å². The van der Waals surface area contributed by atoms with Gasteiger partial charge in [0.25, 0.3) is 0 Å². The van der Waals surface area contributed by atoms with Gasteiger partial charge in [0.1, 0.15) is 0 Å². The first kappa shape index (κ1) is 13.5. The minimum Gasteiger partial charge on any atom is -0.281 e. The Hall–Kier alpha value is -1.93. The molecule has 2 rings (SSSR count). The van der Waals surface area contributed by atoms with Crippen LogP contribution in [-0.2, 0) is 10.0 Å². The Labute approximate surface area is 109 Å². The smallest absolute Gasteiger partial charge is 0.281 e. The highest BCUT2D eigenvalue weighted by Gasteiger charge is 2.36. The minimum absolute atomic E-state index is 0.181. The number of rotatable bonds is 4. The average molecular weight is 284 g/mol. The van der Waals surface area contributed by atoms with Crippen LogP contribution in [0, 0.1) is 6.92 Å². The highest BCUT2D eigenvalue weighted by atomic mass is 32.2. The quantitative estimate of drug-likeness (QED) is 0.763. The Morgan fingerprint density at radius 2 is 2.05 bits per heavy atom. The Balaban J connectivity index is 2.69. The Morgan fingerprint density at radius 1 is 1.37 bits per heavy atom. The number of sulfonamides is 1. The van der Waals surface area contributed by atoms with E-state index in [4.69, 9.17) is 0 Å². The van der Waals surface area contributed by atoms with Crippen molar-refractivity contribution in [1.82, 2.24) is 9.99 Å². The van der Waals surface area contributed by atoms with E-state index in [0.717, 1.165) is 10.2 Å². The van der Waals surface area contributed by atoms with Crippen molar-refractivity contribution in [2.24, 2.45) is 0 Å². The van der Waals surface area contributed by atoms with Crippen LogP contribution in [0.3, 0.4) is 0 Å². The van der Waals surface area contributed by atoms with Gasteiger partial charge in [-0.2, -0.15) is 0 Å². The lowest BCUT2D eigenvalue weighted by atomic mass is 10.2. The van der Waals surface area contributed by atoms with Crippen molar-refractivity contribution in [3.8, 4) is 5.69 Å². The number of nitrogens with zero attached hydrogens (tertiary/aromatic N) is 1. The SMILES string of the molecule is CCNS(=O)(=O)c1c(=O)o[nH][n+]1-c1ccccc1C. The maximum atomic E-state index is 12.0. The first-order valence-corrected chi connectivity index (χ1v) is 7.15. The summed E-state index contributed by atoms with van der Waals surface area (Å²) in [5, 5.41) is 1.84. The number of nitrogens with one attached hydrogen (secondary N) is 2. The maximum Gasteiger partial charge on any atom is 0.448 e. The van der Waals surface area contributed by atoms with Crippen molar-refractivity contribution in [3.05, 3.63) is 40.2 Å². The van der Waals surface area contributed by atoms with Gasteiger partial charge in [-0.15, -0.1) is 0 Å².